The Kier molecular flexibility index (Phi) is 5.85. The summed E-state index contributed by atoms with van der Waals surface area (Å²) < 4.78 is 7.23. The number of anilines is 1. The van der Waals surface area contributed by atoms with Crippen LogP contribution in [0.5, 0.6) is 0 Å². The Bertz CT molecular complexity index is 907. The van der Waals surface area contributed by atoms with Gasteiger partial charge in [-0.25, -0.2) is 0 Å². The van der Waals surface area contributed by atoms with E-state index in [4.69, 9.17) is 16.3 Å². The molecule has 1 fully saturated rings. The van der Waals surface area contributed by atoms with Gasteiger partial charge in [-0.15, -0.1) is 0 Å². The van der Waals surface area contributed by atoms with Crippen LogP contribution in [0, 0.1) is 6.92 Å². The summed E-state index contributed by atoms with van der Waals surface area (Å²) in [5.74, 6) is 0.606. The summed E-state index contributed by atoms with van der Waals surface area (Å²) >= 11 is 6.51. The number of tetrazole rings is 1. The van der Waals surface area contributed by atoms with Gasteiger partial charge in [-0.2, -0.15) is 4.68 Å². The molecule has 0 amide bonds. The Balaban J connectivity index is 1.56. The van der Waals surface area contributed by atoms with E-state index in [1.807, 2.05) is 42.5 Å². The van der Waals surface area contributed by atoms with Crippen LogP contribution in [0.2, 0.25) is 5.02 Å². The fourth-order valence-electron chi connectivity index (χ4n) is 3.42. The topological polar surface area (TPSA) is 68.1 Å². The molecule has 1 N–H and O–H groups in total. The second kappa shape index (κ2) is 8.68. The monoisotopic (exact) mass is 398 g/mol. The minimum atomic E-state index is 0.0979. The summed E-state index contributed by atoms with van der Waals surface area (Å²) in [7, 11) is 0. The van der Waals surface area contributed by atoms with Crippen molar-refractivity contribution in [3.8, 4) is 5.69 Å². The molecule has 1 saturated heterocycles. The Hall–Kier alpha value is -2.48. The van der Waals surface area contributed by atoms with Gasteiger partial charge in [0.25, 0.3) is 0 Å². The third kappa shape index (κ3) is 4.16. The normalized spacial score (nSPS) is 16.1. The number of morpholine rings is 1. The molecule has 2 aromatic carbocycles. The Morgan fingerprint density at radius 1 is 1.11 bits per heavy atom. The lowest BCUT2D eigenvalue weighted by Crippen LogP contribution is -2.41. The van der Waals surface area contributed by atoms with Gasteiger partial charge in [0.1, 0.15) is 0 Å². The summed E-state index contributed by atoms with van der Waals surface area (Å²) in [6.07, 6.45) is 0. The second-order valence-corrected chi connectivity index (χ2v) is 7.22. The average Bonchev–Trinajstić information content (AvgIpc) is 3.19. The van der Waals surface area contributed by atoms with E-state index >= 15 is 0 Å². The highest BCUT2D eigenvalue weighted by Crippen LogP contribution is 2.28. The standard InChI is InChI=1S/C20H23ClN6O/c1-15-6-8-16(9-7-15)27-20(23-24-25-27)22-14-19(26-10-12-28-13-11-26)17-4-2-3-5-18(17)21/h2-9,19H,10-14H2,1H3,(H,22,23,25). The number of ether oxygens (including phenoxy) is 1. The van der Waals surface area contributed by atoms with Gasteiger partial charge in [-0.05, 0) is 41.1 Å². The minimum absolute atomic E-state index is 0.0979. The largest absolute Gasteiger partial charge is 0.379 e. The number of nitrogens with one attached hydrogen (secondary N) is 1. The first-order chi connectivity index (χ1) is 13.7. The van der Waals surface area contributed by atoms with Crippen LogP contribution in [0.25, 0.3) is 5.69 Å². The zero-order valence-electron chi connectivity index (χ0n) is 15.8. The maximum atomic E-state index is 6.51. The van der Waals surface area contributed by atoms with E-state index in [2.05, 4.69) is 38.7 Å². The van der Waals surface area contributed by atoms with E-state index in [9.17, 15) is 0 Å². The molecule has 0 bridgehead atoms. The van der Waals surface area contributed by atoms with Crippen molar-refractivity contribution in [2.45, 2.75) is 13.0 Å². The molecule has 146 valence electrons. The molecule has 1 aromatic heterocycles. The Morgan fingerprint density at radius 2 is 1.86 bits per heavy atom. The molecule has 4 rings (SSSR count). The van der Waals surface area contributed by atoms with E-state index in [0.717, 1.165) is 42.6 Å². The highest BCUT2D eigenvalue weighted by atomic mass is 35.5. The van der Waals surface area contributed by atoms with Gasteiger partial charge in [0.05, 0.1) is 24.9 Å². The molecule has 1 atom stereocenters. The van der Waals surface area contributed by atoms with Crippen LogP contribution in [0.15, 0.2) is 48.5 Å². The van der Waals surface area contributed by atoms with Crippen LogP contribution in [0.1, 0.15) is 17.2 Å². The summed E-state index contributed by atoms with van der Waals surface area (Å²) in [6.45, 7) is 5.86. The van der Waals surface area contributed by atoms with E-state index in [1.165, 1.54) is 5.56 Å². The zero-order valence-corrected chi connectivity index (χ0v) is 16.5. The summed E-state index contributed by atoms with van der Waals surface area (Å²) in [5.41, 5.74) is 3.20. The van der Waals surface area contributed by atoms with Gasteiger partial charge in [0, 0.05) is 24.7 Å². The molecule has 7 nitrogen and oxygen atoms in total. The maximum absolute atomic E-state index is 6.51. The SMILES string of the molecule is Cc1ccc(-n2nnnc2NCC(c2ccccc2Cl)N2CCOCC2)cc1. The molecule has 0 aliphatic carbocycles. The van der Waals surface area contributed by atoms with Gasteiger partial charge in [0.15, 0.2) is 0 Å². The van der Waals surface area contributed by atoms with Gasteiger partial charge < -0.3 is 10.1 Å². The first-order valence-corrected chi connectivity index (χ1v) is 9.75. The highest BCUT2D eigenvalue weighted by molar-refractivity contribution is 6.31. The first kappa shape index (κ1) is 18.9. The van der Waals surface area contributed by atoms with Gasteiger partial charge in [-0.1, -0.05) is 52.6 Å². The first-order valence-electron chi connectivity index (χ1n) is 9.38. The second-order valence-electron chi connectivity index (χ2n) is 6.82. The van der Waals surface area contributed by atoms with Crippen molar-refractivity contribution < 1.29 is 4.74 Å². The van der Waals surface area contributed by atoms with Crippen molar-refractivity contribution in [2.24, 2.45) is 0 Å². The number of halogens is 1. The van der Waals surface area contributed by atoms with Crippen LogP contribution in [-0.4, -0.2) is 58.0 Å². The third-order valence-corrected chi connectivity index (χ3v) is 5.30. The molecule has 0 radical (unpaired) electrons. The maximum Gasteiger partial charge on any atom is 0.247 e. The van der Waals surface area contributed by atoms with Crippen molar-refractivity contribution in [2.75, 3.05) is 38.2 Å². The van der Waals surface area contributed by atoms with E-state index < -0.39 is 0 Å². The van der Waals surface area contributed by atoms with Crippen LogP contribution < -0.4 is 5.32 Å². The predicted octanol–water partition coefficient (Wildman–Crippen LogP) is 3.11. The lowest BCUT2D eigenvalue weighted by atomic mass is 10.0. The van der Waals surface area contributed by atoms with Crippen molar-refractivity contribution >= 4 is 17.5 Å². The Morgan fingerprint density at radius 3 is 2.61 bits per heavy atom. The van der Waals surface area contributed by atoms with E-state index in [0.29, 0.717) is 12.5 Å². The van der Waals surface area contributed by atoms with E-state index in [-0.39, 0.29) is 6.04 Å². The summed E-state index contributed by atoms with van der Waals surface area (Å²) in [6, 6.07) is 16.2. The number of benzene rings is 2. The molecule has 0 saturated carbocycles. The molecular formula is C20H23ClN6O. The molecule has 8 heteroatoms. The van der Waals surface area contributed by atoms with Gasteiger partial charge >= 0.3 is 0 Å². The number of hydrogen-bond donors (Lipinski definition) is 1. The molecule has 3 aromatic rings. The Labute approximate surface area is 169 Å². The number of aryl methyl sites for hydroxylation is 1. The molecule has 1 unspecified atom stereocenters. The lowest BCUT2D eigenvalue weighted by molar-refractivity contribution is 0.0187. The third-order valence-electron chi connectivity index (χ3n) is 4.95. The lowest BCUT2D eigenvalue weighted by Gasteiger charge is -2.35. The molecular weight excluding hydrogens is 376 g/mol. The molecule has 0 spiro atoms. The number of hydrogen-bond acceptors (Lipinski definition) is 6. The van der Waals surface area contributed by atoms with Gasteiger partial charge in [-0.3, -0.25) is 4.90 Å². The van der Waals surface area contributed by atoms with Crippen LogP contribution >= 0.6 is 11.6 Å². The van der Waals surface area contributed by atoms with Gasteiger partial charge in [0.2, 0.25) is 5.95 Å². The summed E-state index contributed by atoms with van der Waals surface area (Å²) in [4.78, 5) is 2.39. The number of rotatable bonds is 6. The average molecular weight is 399 g/mol. The van der Waals surface area contributed by atoms with Crippen LogP contribution in [-0.2, 0) is 4.74 Å². The van der Waals surface area contributed by atoms with Crippen LogP contribution in [0.3, 0.4) is 0 Å². The fourth-order valence-corrected chi connectivity index (χ4v) is 3.68. The minimum Gasteiger partial charge on any atom is -0.379 e. The molecule has 28 heavy (non-hydrogen) atoms. The van der Waals surface area contributed by atoms with Crippen LogP contribution in [0.4, 0.5) is 5.95 Å². The number of aromatic nitrogens is 4. The number of nitrogens with zero attached hydrogens (tertiary/aromatic N) is 5. The van der Waals surface area contributed by atoms with Crippen molar-refractivity contribution in [3.05, 3.63) is 64.7 Å². The van der Waals surface area contributed by atoms with Crippen molar-refractivity contribution in [1.29, 1.82) is 0 Å². The molecule has 1 aliphatic heterocycles. The summed E-state index contributed by atoms with van der Waals surface area (Å²) in [5, 5.41) is 16.3. The molecule has 2 heterocycles. The quantitative estimate of drug-likeness (QED) is 0.688. The highest BCUT2D eigenvalue weighted by Gasteiger charge is 2.25. The predicted molar refractivity (Wildman–Crippen MR) is 109 cm³/mol. The zero-order chi connectivity index (χ0) is 19.3. The smallest absolute Gasteiger partial charge is 0.247 e. The fraction of sp³-hybridized carbons (Fsp3) is 0.350. The van der Waals surface area contributed by atoms with Crippen molar-refractivity contribution in [1.82, 2.24) is 25.1 Å². The van der Waals surface area contributed by atoms with E-state index in [1.54, 1.807) is 4.68 Å². The van der Waals surface area contributed by atoms with Crippen molar-refractivity contribution in [3.63, 3.8) is 0 Å². The molecule has 1 aliphatic rings.